The normalized spacial score (nSPS) is 11.9. The standard InChI is InChI=1S/C22H22O7/c1-12(23)9-17-13(2)16-7-6-15(11-19(16)29-22(17)25)28-21(24)14-5-8-18(26-3)20(10-14)27-4/h5-8,10-12,23H,9H2,1-4H3/t12-/m1/s1. The van der Waals surface area contributed by atoms with E-state index in [0.717, 1.165) is 5.56 Å². The van der Waals surface area contributed by atoms with Gasteiger partial charge in [0.2, 0.25) is 0 Å². The minimum atomic E-state index is -0.657. The van der Waals surface area contributed by atoms with Gasteiger partial charge in [-0.15, -0.1) is 0 Å². The molecule has 0 spiro atoms. The maximum absolute atomic E-state index is 12.5. The Labute approximate surface area is 167 Å². The molecule has 152 valence electrons. The Balaban J connectivity index is 1.91. The maximum Gasteiger partial charge on any atom is 0.343 e. The van der Waals surface area contributed by atoms with E-state index in [1.54, 1.807) is 38.1 Å². The molecule has 1 N–H and O–H groups in total. The highest BCUT2D eigenvalue weighted by molar-refractivity contribution is 5.92. The summed E-state index contributed by atoms with van der Waals surface area (Å²) in [6, 6.07) is 9.54. The molecule has 29 heavy (non-hydrogen) atoms. The quantitative estimate of drug-likeness (QED) is 0.387. The lowest BCUT2D eigenvalue weighted by Crippen LogP contribution is -2.16. The van der Waals surface area contributed by atoms with Crippen molar-refractivity contribution in [1.82, 2.24) is 0 Å². The molecule has 1 aromatic heterocycles. The van der Waals surface area contributed by atoms with Crippen molar-refractivity contribution in [1.29, 1.82) is 0 Å². The second-order valence-electron chi connectivity index (χ2n) is 6.66. The number of benzene rings is 2. The lowest BCUT2D eigenvalue weighted by molar-refractivity contribution is 0.0734. The van der Waals surface area contributed by atoms with Gasteiger partial charge in [-0.3, -0.25) is 0 Å². The van der Waals surface area contributed by atoms with Gasteiger partial charge < -0.3 is 23.7 Å². The Kier molecular flexibility index (Phi) is 5.89. The largest absolute Gasteiger partial charge is 0.493 e. The van der Waals surface area contributed by atoms with Gasteiger partial charge in [0.15, 0.2) is 11.5 Å². The first kappa shape index (κ1) is 20.4. The van der Waals surface area contributed by atoms with Gasteiger partial charge in [0.05, 0.1) is 25.9 Å². The van der Waals surface area contributed by atoms with Crippen LogP contribution in [-0.4, -0.2) is 31.4 Å². The molecule has 7 heteroatoms. The summed E-state index contributed by atoms with van der Waals surface area (Å²) in [6.45, 7) is 3.41. The Morgan fingerprint density at radius 2 is 1.83 bits per heavy atom. The Morgan fingerprint density at radius 1 is 1.10 bits per heavy atom. The summed E-state index contributed by atoms with van der Waals surface area (Å²) in [4.78, 5) is 24.8. The molecule has 0 bridgehead atoms. The molecule has 0 saturated carbocycles. The van der Waals surface area contributed by atoms with E-state index in [0.29, 0.717) is 28.0 Å². The summed E-state index contributed by atoms with van der Waals surface area (Å²) in [5.74, 6) is 0.561. The van der Waals surface area contributed by atoms with Gasteiger partial charge in [-0.25, -0.2) is 9.59 Å². The smallest absolute Gasteiger partial charge is 0.343 e. The SMILES string of the molecule is COc1ccc(C(=O)Oc2ccc3c(C)c(C[C@@H](C)O)c(=O)oc3c2)cc1OC. The zero-order valence-electron chi connectivity index (χ0n) is 16.6. The van der Waals surface area contributed by atoms with Crippen molar-refractivity contribution in [3.63, 3.8) is 0 Å². The first-order valence-electron chi connectivity index (χ1n) is 9.02. The molecule has 0 unspecified atom stereocenters. The molecule has 1 atom stereocenters. The highest BCUT2D eigenvalue weighted by atomic mass is 16.5. The number of hydrogen-bond donors (Lipinski definition) is 1. The van der Waals surface area contributed by atoms with Crippen LogP contribution in [0.1, 0.15) is 28.4 Å². The van der Waals surface area contributed by atoms with Crippen molar-refractivity contribution < 1.29 is 28.5 Å². The molecular weight excluding hydrogens is 376 g/mol. The van der Waals surface area contributed by atoms with Crippen molar-refractivity contribution in [3.8, 4) is 17.2 Å². The van der Waals surface area contributed by atoms with Crippen LogP contribution in [0.5, 0.6) is 17.2 Å². The average Bonchev–Trinajstić information content (AvgIpc) is 2.70. The maximum atomic E-state index is 12.5. The van der Waals surface area contributed by atoms with Crippen LogP contribution < -0.4 is 19.8 Å². The number of methoxy groups -OCH3 is 2. The third-order valence-corrected chi connectivity index (χ3v) is 4.59. The molecule has 3 rings (SSSR count). The van der Waals surface area contributed by atoms with Gasteiger partial charge in [0, 0.05) is 23.4 Å². The number of aliphatic hydroxyl groups is 1. The van der Waals surface area contributed by atoms with Crippen LogP contribution in [0.3, 0.4) is 0 Å². The third kappa shape index (κ3) is 4.25. The number of ether oxygens (including phenoxy) is 3. The highest BCUT2D eigenvalue weighted by Gasteiger charge is 2.16. The van der Waals surface area contributed by atoms with Crippen molar-refractivity contribution in [2.75, 3.05) is 14.2 Å². The minimum Gasteiger partial charge on any atom is -0.493 e. The predicted molar refractivity (Wildman–Crippen MR) is 107 cm³/mol. The van der Waals surface area contributed by atoms with Crippen LogP contribution in [-0.2, 0) is 6.42 Å². The minimum absolute atomic E-state index is 0.208. The van der Waals surface area contributed by atoms with Gasteiger partial charge in [-0.05, 0) is 49.7 Å². The van der Waals surface area contributed by atoms with Crippen LogP contribution >= 0.6 is 0 Å². The summed E-state index contributed by atoms with van der Waals surface area (Å²) in [7, 11) is 2.99. The molecule has 0 radical (unpaired) electrons. The summed E-state index contributed by atoms with van der Waals surface area (Å²) in [6.07, 6.45) is -0.448. The molecule has 7 nitrogen and oxygen atoms in total. The van der Waals surface area contributed by atoms with E-state index in [1.807, 2.05) is 0 Å². The highest BCUT2D eigenvalue weighted by Crippen LogP contribution is 2.29. The fourth-order valence-electron chi connectivity index (χ4n) is 3.10. The molecule has 0 fully saturated rings. The molecule has 2 aromatic carbocycles. The van der Waals surface area contributed by atoms with Crippen molar-refractivity contribution in [3.05, 3.63) is 63.5 Å². The molecule has 0 aliphatic rings. The van der Waals surface area contributed by atoms with Crippen LogP contribution in [0.25, 0.3) is 11.0 Å². The topological polar surface area (TPSA) is 95.2 Å². The average molecular weight is 398 g/mol. The van der Waals surface area contributed by atoms with E-state index in [-0.39, 0.29) is 17.7 Å². The molecule has 0 aliphatic heterocycles. The lowest BCUT2D eigenvalue weighted by atomic mass is 10.0. The van der Waals surface area contributed by atoms with E-state index in [2.05, 4.69) is 0 Å². The number of rotatable bonds is 6. The number of aryl methyl sites for hydroxylation is 1. The Bertz CT molecular complexity index is 1110. The first-order valence-corrected chi connectivity index (χ1v) is 9.02. The molecule has 3 aromatic rings. The number of esters is 1. The van der Waals surface area contributed by atoms with Gasteiger partial charge in [0.25, 0.3) is 0 Å². The Morgan fingerprint density at radius 3 is 2.48 bits per heavy atom. The second-order valence-corrected chi connectivity index (χ2v) is 6.66. The number of aliphatic hydroxyl groups excluding tert-OH is 1. The summed E-state index contributed by atoms with van der Waals surface area (Å²) in [5, 5.41) is 10.3. The second kappa shape index (κ2) is 8.36. The summed E-state index contributed by atoms with van der Waals surface area (Å²) >= 11 is 0. The number of hydrogen-bond acceptors (Lipinski definition) is 7. The van der Waals surface area contributed by atoms with E-state index in [9.17, 15) is 14.7 Å². The fourth-order valence-corrected chi connectivity index (χ4v) is 3.10. The van der Waals surface area contributed by atoms with Crippen molar-refractivity contribution in [2.45, 2.75) is 26.4 Å². The fraction of sp³-hybridized carbons (Fsp3) is 0.273. The monoisotopic (exact) mass is 398 g/mol. The predicted octanol–water partition coefficient (Wildman–Crippen LogP) is 3.26. The Hall–Kier alpha value is -3.32. The first-order chi connectivity index (χ1) is 13.8. The zero-order valence-corrected chi connectivity index (χ0v) is 16.6. The lowest BCUT2D eigenvalue weighted by Gasteiger charge is -2.11. The molecule has 0 aliphatic carbocycles. The zero-order chi connectivity index (χ0) is 21.1. The number of fused-ring (bicyclic) bond motifs is 1. The molecule has 0 saturated heterocycles. The van der Waals surface area contributed by atoms with E-state index < -0.39 is 17.7 Å². The van der Waals surface area contributed by atoms with Crippen LogP contribution in [0, 0.1) is 6.92 Å². The molecular formula is C22H22O7. The van der Waals surface area contributed by atoms with Gasteiger partial charge in [-0.2, -0.15) is 0 Å². The van der Waals surface area contributed by atoms with Crippen molar-refractivity contribution >= 4 is 16.9 Å². The van der Waals surface area contributed by atoms with Gasteiger partial charge >= 0.3 is 11.6 Å². The number of carbonyl (C=O) groups excluding carboxylic acids is 1. The number of carbonyl (C=O) groups is 1. The van der Waals surface area contributed by atoms with Crippen LogP contribution in [0.15, 0.2) is 45.6 Å². The van der Waals surface area contributed by atoms with Crippen molar-refractivity contribution in [2.24, 2.45) is 0 Å². The van der Waals surface area contributed by atoms with Crippen LogP contribution in [0.4, 0.5) is 0 Å². The molecule has 0 amide bonds. The van der Waals surface area contributed by atoms with E-state index in [4.69, 9.17) is 18.6 Å². The van der Waals surface area contributed by atoms with Crippen LogP contribution in [0.2, 0.25) is 0 Å². The summed E-state index contributed by atoms with van der Waals surface area (Å²) < 4.78 is 21.2. The van der Waals surface area contributed by atoms with Gasteiger partial charge in [-0.1, -0.05) is 0 Å². The third-order valence-electron chi connectivity index (χ3n) is 4.59. The van der Waals surface area contributed by atoms with Gasteiger partial charge in [0.1, 0.15) is 11.3 Å². The van der Waals surface area contributed by atoms with E-state index in [1.165, 1.54) is 26.4 Å². The van der Waals surface area contributed by atoms with E-state index >= 15 is 0 Å². The molecule has 1 heterocycles. The summed E-state index contributed by atoms with van der Waals surface area (Å²) in [5.41, 5.74) is 1.24.